The molecule has 3 rings (SSSR count). The highest BCUT2D eigenvalue weighted by Gasteiger charge is 2.35. The van der Waals surface area contributed by atoms with Gasteiger partial charge in [0, 0.05) is 25.2 Å². The summed E-state index contributed by atoms with van der Waals surface area (Å²) in [6.07, 6.45) is 1.67. The lowest BCUT2D eigenvalue weighted by atomic mass is 10.1. The first-order valence-corrected chi connectivity index (χ1v) is 10.3. The van der Waals surface area contributed by atoms with Gasteiger partial charge in [0.25, 0.3) is 5.91 Å². The second-order valence-corrected chi connectivity index (χ2v) is 7.59. The number of anilines is 1. The Morgan fingerprint density at radius 1 is 1.13 bits per heavy atom. The van der Waals surface area contributed by atoms with Crippen molar-refractivity contribution in [3.05, 3.63) is 65.2 Å². The summed E-state index contributed by atoms with van der Waals surface area (Å²) in [7, 11) is 0. The minimum Gasteiger partial charge on any atom is -0.455 e. The van der Waals surface area contributed by atoms with Crippen LogP contribution in [-0.4, -0.2) is 42.4 Å². The number of benzene rings is 2. The molecule has 1 aliphatic rings. The van der Waals surface area contributed by atoms with Gasteiger partial charge in [-0.1, -0.05) is 55.5 Å². The van der Waals surface area contributed by atoms with Crippen LogP contribution in [0.15, 0.2) is 48.5 Å². The van der Waals surface area contributed by atoms with Gasteiger partial charge in [-0.3, -0.25) is 14.4 Å². The summed E-state index contributed by atoms with van der Waals surface area (Å²) in [6, 6.07) is 15.8. The van der Waals surface area contributed by atoms with Crippen molar-refractivity contribution in [3.63, 3.8) is 0 Å². The van der Waals surface area contributed by atoms with Crippen LogP contribution in [0.5, 0.6) is 0 Å². The Kier molecular flexibility index (Phi) is 7.22. The molecule has 0 spiro atoms. The molecule has 0 saturated carbocycles. The zero-order chi connectivity index (χ0) is 21.5. The molecule has 6 heteroatoms. The van der Waals surface area contributed by atoms with Gasteiger partial charge in [-0.05, 0) is 36.5 Å². The smallest absolute Gasteiger partial charge is 0.311 e. The van der Waals surface area contributed by atoms with Gasteiger partial charge in [-0.2, -0.15) is 0 Å². The zero-order valence-electron chi connectivity index (χ0n) is 17.5. The molecule has 1 atom stereocenters. The molecule has 1 heterocycles. The Labute approximate surface area is 177 Å². The highest BCUT2D eigenvalue weighted by molar-refractivity contribution is 5.95. The highest BCUT2D eigenvalue weighted by Crippen LogP contribution is 2.22. The lowest BCUT2D eigenvalue weighted by molar-refractivity contribution is -0.151. The molecule has 30 heavy (non-hydrogen) atoms. The van der Waals surface area contributed by atoms with Crippen LogP contribution in [0.4, 0.5) is 5.69 Å². The summed E-state index contributed by atoms with van der Waals surface area (Å²) in [5.41, 5.74) is 3.91. The Morgan fingerprint density at radius 2 is 1.90 bits per heavy atom. The van der Waals surface area contributed by atoms with E-state index in [1.165, 1.54) is 0 Å². The summed E-state index contributed by atoms with van der Waals surface area (Å²) in [6.45, 7) is 4.50. The number of likely N-dealkylation sites (tertiary alicyclic amines) is 1. The molecular weight excluding hydrogens is 380 g/mol. The van der Waals surface area contributed by atoms with Gasteiger partial charge >= 0.3 is 5.97 Å². The van der Waals surface area contributed by atoms with Crippen LogP contribution in [0.1, 0.15) is 30.0 Å². The van der Waals surface area contributed by atoms with Crippen molar-refractivity contribution in [2.75, 3.05) is 25.0 Å². The van der Waals surface area contributed by atoms with Crippen LogP contribution >= 0.6 is 0 Å². The molecule has 1 saturated heterocycles. The summed E-state index contributed by atoms with van der Waals surface area (Å²) >= 11 is 0. The predicted octanol–water partition coefficient (Wildman–Crippen LogP) is 3.13. The first-order valence-electron chi connectivity index (χ1n) is 10.3. The number of ether oxygens (including phenoxy) is 1. The molecule has 2 amide bonds. The lowest BCUT2D eigenvalue weighted by Crippen LogP contribution is -2.30. The number of hydrogen-bond donors (Lipinski definition) is 1. The van der Waals surface area contributed by atoms with Crippen molar-refractivity contribution in [1.82, 2.24) is 4.90 Å². The van der Waals surface area contributed by atoms with E-state index in [1.807, 2.05) is 62.4 Å². The largest absolute Gasteiger partial charge is 0.455 e. The first-order chi connectivity index (χ1) is 14.5. The number of para-hydroxylation sites is 1. The maximum absolute atomic E-state index is 12.4. The molecule has 0 radical (unpaired) electrons. The molecule has 0 unspecified atom stereocenters. The average molecular weight is 408 g/mol. The van der Waals surface area contributed by atoms with E-state index in [-0.39, 0.29) is 24.8 Å². The molecule has 6 nitrogen and oxygen atoms in total. The zero-order valence-corrected chi connectivity index (χ0v) is 17.5. The van der Waals surface area contributed by atoms with E-state index in [4.69, 9.17) is 4.74 Å². The van der Waals surface area contributed by atoms with Crippen molar-refractivity contribution in [1.29, 1.82) is 0 Å². The second-order valence-electron chi connectivity index (χ2n) is 7.59. The van der Waals surface area contributed by atoms with Crippen molar-refractivity contribution in [2.45, 2.75) is 33.1 Å². The van der Waals surface area contributed by atoms with E-state index in [0.29, 0.717) is 13.1 Å². The molecule has 1 aliphatic heterocycles. The number of amides is 2. The Balaban J connectivity index is 1.47. The van der Waals surface area contributed by atoms with Crippen molar-refractivity contribution in [3.8, 4) is 0 Å². The molecule has 2 aromatic carbocycles. The molecular formula is C24H28N2O4. The summed E-state index contributed by atoms with van der Waals surface area (Å²) in [4.78, 5) is 38.6. The van der Waals surface area contributed by atoms with Crippen LogP contribution in [0.25, 0.3) is 0 Å². The van der Waals surface area contributed by atoms with Gasteiger partial charge in [0.15, 0.2) is 6.61 Å². The highest BCUT2D eigenvalue weighted by atomic mass is 16.5. The fourth-order valence-electron chi connectivity index (χ4n) is 3.69. The molecule has 1 fully saturated rings. The summed E-state index contributed by atoms with van der Waals surface area (Å²) < 4.78 is 5.20. The van der Waals surface area contributed by atoms with Gasteiger partial charge in [-0.15, -0.1) is 0 Å². The van der Waals surface area contributed by atoms with Crippen molar-refractivity contribution in [2.24, 2.45) is 5.92 Å². The number of nitrogens with zero attached hydrogens (tertiary/aromatic N) is 1. The van der Waals surface area contributed by atoms with E-state index >= 15 is 0 Å². The molecule has 0 bridgehead atoms. The molecule has 1 N–H and O–H groups in total. The van der Waals surface area contributed by atoms with Crippen LogP contribution in [0.2, 0.25) is 0 Å². The third-order valence-corrected chi connectivity index (χ3v) is 5.41. The Hall–Kier alpha value is -3.15. The quantitative estimate of drug-likeness (QED) is 0.681. The number of aryl methyl sites for hydroxylation is 2. The second kappa shape index (κ2) is 10.1. The van der Waals surface area contributed by atoms with Crippen LogP contribution < -0.4 is 5.32 Å². The third-order valence-electron chi connectivity index (χ3n) is 5.41. The first kappa shape index (κ1) is 21.6. The van der Waals surface area contributed by atoms with E-state index in [0.717, 1.165) is 35.2 Å². The number of rotatable bonds is 8. The Morgan fingerprint density at radius 3 is 2.63 bits per heavy atom. The predicted molar refractivity (Wildman–Crippen MR) is 115 cm³/mol. The van der Waals surface area contributed by atoms with E-state index < -0.39 is 11.9 Å². The van der Waals surface area contributed by atoms with Crippen LogP contribution in [-0.2, 0) is 32.0 Å². The standard InChI is InChI=1S/C24H28N2O4/c1-3-19-11-7-8-17(2)23(19)25-21(27)16-30-24(29)20-14-22(28)26(15-20)13-12-18-9-5-4-6-10-18/h4-11,20H,3,12-16H2,1-2H3,(H,25,27)/t20-/m0/s1. The minimum atomic E-state index is -0.522. The van der Waals surface area contributed by atoms with Crippen molar-refractivity contribution < 1.29 is 19.1 Å². The molecule has 2 aromatic rings. The van der Waals surface area contributed by atoms with Gasteiger partial charge in [0.1, 0.15) is 0 Å². The van der Waals surface area contributed by atoms with Gasteiger partial charge < -0.3 is 15.0 Å². The molecule has 0 aromatic heterocycles. The number of nitrogens with one attached hydrogen (secondary N) is 1. The monoisotopic (exact) mass is 408 g/mol. The normalized spacial score (nSPS) is 15.9. The molecule has 0 aliphatic carbocycles. The van der Waals surface area contributed by atoms with E-state index in [2.05, 4.69) is 5.32 Å². The van der Waals surface area contributed by atoms with Gasteiger partial charge in [0.05, 0.1) is 5.92 Å². The fraction of sp³-hybridized carbons (Fsp3) is 0.375. The minimum absolute atomic E-state index is 0.0511. The lowest BCUT2D eigenvalue weighted by Gasteiger charge is -2.16. The van der Waals surface area contributed by atoms with Gasteiger partial charge in [-0.25, -0.2) is 0 Å². The fourth-order valence-corrected chi connectivity index (χ4v) is 3.69. The maximum Gasteiger partial charge on any atom is 0.311 e. The van der Waals surface area contributed by atoms with Gasteiger partial charge in [0.2, 0.25) is 5.91 Å². The third kappa shape index (κ3) is 5.47. The SMILES string of the molecule is CCc1cccc(C)c1NC(=O)COC(=O)[C@H]1CC(=O)N(CCc2ccccc2)C1. The number of hydrogen-bond acceptors (Lipinski definition) is 4. The Bertz CT molecular complexity index is 911. The maximum atomic E-state index is 12.4. The van der Waals surface area contributed by atoms with Crippen LogP contribution in [0.3, 0.4) is 0 Å². The number of carbonyl (C=O) groups is 3. The summed E-state index contributed by atoms with van der Waals surface area (Å²) in [5.74, 6) is -1.45. The summed E-state index contributed by atoms with van der Waals surface area (Å²) in [5, 5.41) is 2.84. The topological polar surface area (TPSA) is 75.7 Å². The van der Waals surface area contributed by atoms with E-state index in [9.17, 15) is 14.4 Å². The van der Waals surface area contributed by atoms with Crippen molar-refractivity contribution >= 4 is 23.5 Å². The van der Waals surface area contributed by atoms with Crippen LogP contribution in [0, 0.1) is 12.8 Å². The molecule has 158 valence electrons. The number of carbonyl (C=O) groups excluding carboxylic acids is 3. The van der Waals surface area contributed by atoms with E-state index in [1.54, 1.807) is 4.90 Å². The number of esters is 1. The average Bonchev–Trinajstić information content (AvgIpc) is 3.13.